The van der Waals surface area contributed by atoms with Gasteiger partial charge in [-0.2, -0.15) is 0 Å². The van der Waals surface area contributed by atoms with E-state index in [9.17, 15) is 15.3 Å². The van der Waals surface area contributed by atoms with Crippen molar-refractivity contribution in [2.75, 3.05) is 32.8 Å². The lowest BCUT2D eigenvalue weighted by molar-refractivity contribution is -0.906. The predicted molar refractivity (Wildman–Crippen MR) is 109 cm³/mol. The van der Waals surface area contributed by atoms with Crippen LogP contribution in [0.4, 0.5) is 0 Å². The first-order valence-electron chi connectivity index (χ1n) is 9.68. The number of aromatic nitrogens is 1. The first kappa shape index (κ1) is 20.4. The van der Waals surface area contributed by atoms with Crippen LogP contribution in [0.2, 0.25) is 0 Å². The number of aliphatic hydroxyl groups is 3. The SMILES string of the molecule is OCC[NH+](C[C@H](O)COc1ccccc1)C[C@@H](O)Cn1ccc2ccccc21. The Kier molecular flexibility index (Phi) is 7.45. The van der Waals surface area contributed by atoms with Crippen LogP contribution in [0.25, 0.3) is 10.9 Å². The Labute approximate surface area is 165 Å². The van der Waals surface area contributed by atoms with Crippen molar-refractivity contribution in [3.8, 4) is 5.75 Å². The van der Waals surface area contributed by atoms with Gasteiger partial charge in [-0.25, -0.2) is 0 Å². The fourth-order valence-corrected chi connectivity index (χ4v) is 3.47. The molecular weight excluding hydrogens is 356 g/mol. The summed E-state index contributed by atoms with van der Waals surface area (Å²) in [7, 11) is 0. The number of hydrogen-bond acceptors (Lipinski definition) is 4. The Hall–Kier alpha value is -2.38. The molecule has 150 valence electrons. The first-order valence-corrected chi connectivity index (χ1v) is 9.68. The van der Waals surface area contributed by atoms with Gasteiger partial charge in [0, 0.05) is 11.7 Å². The van der Waals surface area contributed by atoms with E-state index in [2.05, 4.69) is 0 Å². The molecule has 0 saturated carbocycles. The number of hydrogen-bond donors (Lipinski definition) is 4. The number of fused-ring (bicyclic) bond motifs is 1. The number of para-hydroxylation sites is 2. The van der Waals surface area contributed by atoms with E-state index in [0.717, 1.165) is 15.8 Å². The number of quaternary nitrogens is 1. The lowest BCUT2D eigenvalue weighted by atomic mass is 10.2. The summed E-state index contributed by atoms with van der Waals surface area (Å²) in [6, 6.07) is 19.4. The second-order valence-corrected chi connectivity index (χ2v) is 7.09. The zero-order chi connectivity index (χ0) is 19.8. The van der Waals surface area contributed by atoms with E-state index >= 15 is 0 Å². The summed E-state index contributed by atoms with van der Waals surface area (Å²) >= 11 is 0. The van der Waals surface area contributed by atoms with Crippen molar-refractivity contribution < 1.29 is 25.0 Å². The summed E-state index contributed by atoms with van der Waals surface area (Å²) < 4.78 is 7.63. The van der Waals surface area contributed by atoms with Crippen molar-refractivity contribution in [1.82, 2.24) is 4.57 Å². The number of benzene rings is 2. The quantitative estimate of drug-likeness (QED) is 0.383. The fraction of sp³-hybridized carbons (Fsp3) is 0.364. The number of nitrogens with zero attached hydrogens (tertiary/aromatic N) is 1. The van der Waals surface area contributed by atoms with Crippen molar-refractivity contribution in [3.63, 3.8) is 0 Å². The predicted octanol–water partition coefficient (Wildman–Crippen LogP) is 0.319. The van der Waals surface area contributed by atoms with E-state index in [4.69, 9.17) is 4.74 Å². The van der Waals surface area contributed by atoms with Crippen molar-refractivity contribution >= 4 is 10.9 Å². The van der Waals surface area contributed by atoms with Gasteiger partial charge in [0.05, 0.1) is 13.2 Å². The molecule has 1 aromatic heterocycles. The molecule has 3 aromatic rings. The van der Waals surface area contributed by atoms with Crippen molar-refractivity contribution in [3.05, 3.63) is 66.9 Å². The van der Waals surface area contributed by atoms with Crippen LogP contribution in [0.5, 0.6) is 5.75 Å². The molecule has 0 spiro atoms. The van der Waals surface area contributed by atoms with Gasteiger partial charge in [0.1, 0.15) is 44.2 Å². The highest BCUT2D eigenvalue weighted by molar-refractivity contribution is 5.79. The van der Waals surface area contributed by atoms with Crippen molar-refractivity contribution in [1.29, 1.82) is 0 Å². The molecular formula is C22H29N2O4+. The van der Waals surface area contributed by atoms with E-state index in [1.54, 1.807) is 0 Å². The Morgan fingerprint density at radius 1 is 0.893 bits per heavy atom. The topological polar surface area (TPSA) is 79.3 Å². The molecule has 3 atom stereocenters. The van der Waals surface area contributed by atoms with E-state index in [0.29, 0.717) is 31.9 Å². The zero-order valence-electron chi connectivity index (χ0n) is 15.9. The van der Waals surface area contributed by atoms with Gasteiger partial charge in [0.25, 0.3) is 0 Å². The average molecular weight is 385 g/mol. The van der Waals surface area contributed by atoms with Gasteiger partial charge < -0.3 is 29.5 Å². The second-order valence-electron chi connectivity index (χ2n) is 7.09. The van der Waals surface area contributed by atoms with Crippen LogP contribution in [-0.4, -0.2) is 64.9 Å². The third kappa shape index (κ3) is 5.81. The molecule has 0 aliphatic carbocycles. The van der Waals surface area contributed by atoms with Gasteiger partial charge >= 0.3 is 0 Å². The molecule has 0 saturated heterocycles. The van der Waals surface area contributed by atoms with Crippen LogP contribution >= 0.6 is 0 Å². The Balaban J connectivity index is 1.51. The van der Waals surface area contributed by atoms with Crippen LogP contribution in [0, 0.1) is 0 Å². The largest absolute Gasteiger partial charge is 0.491 e. The molecule has 4 N–H and O–H groups in total. The van der Waals surface area contributed by atoms with E-state index in [1.807, 2.05) is 71.4 Å². The van der Waals surface area contributed by atoms with Gasteiger partial charge in [0.15, 0.2) is 0 Å². The Morgan fingerprint density at radius 3 is 2.39 bits per heavy atom. The highest BCUT2D eigenvalue weighted by Crippen LogP contribution is 2.15. The highest BCUT2D eigenvalue weighted by atomic mass is 16.5. The molecule has 0 aliphatic heterocycles. The molecule has 1 heterocycles. The van der Waals surface area contributed by atoms with Crippen LogP contribution in [0.3, 0.4) is 0 Å². The minimum atomic E-state index is -0.679. The molecule has 1 unspecified atom stereocenters. The number of rotatable bonds is 11. The maximum Gasteiger partial charge on any atom is 0.137 e. The maximum atomic E-state index is 10.6. The van der Waals surface area contributed by atoms with Gasteiger partial charge in [-0.1, -0.05) is 36.4 Å². The molecule has 28 heavy (non-hydrogen) atoms. The Morgan fingerprint density at radius 2 is 1.61 bits per heavy atom. The summed E-state index contributed by atoms with van der Waals surface area (Å²) in [6.07, 6.45) is 0.711. The molecule has 0 radical (unpaired) electrons. The summed E-state index contributed by atoms with van der Waals surface area (Å²) in [5.74, 6) is 0.713. The maximum absolute atomic E-state index is 10.6. The molecule has 6 nitrogen and oxygen atoms in total. The fourth-order valence-electron chi connectivity index (χ4n) is 3.47. The van der Waals surface area contributed by atoms with Crippen molar-refractivity contribution in [2.24, 2.45) is 0 Å². The minimum Gasteiger partial charge on any atom is -0.491 e. The number of ether oxygens (including phenoxy) is 1. The van der Waals surface area contributed by atoms with Crippen LogP contribution in [0.1, 0.15) is 0 Å². The first-order chi connectivity index (χ1) is 13.7. The standard InChI is InChI=1S/C22H28N2O4/c25-13-12-23(15-20(27)17-28-21-7-2-1-3-8-21)14-19(26)16-24-11-10-18-6-4-5-9-22(18)24/h1-11,19-20,25-27H,12-17H2/p+1/t19-,20+/m1/s1. The van der Waals surface area contributed by atoms with Gasteiger partial charge in [0.2, 0.25) is 0 Å². The normalized spacial score (nSPS) is 14.7. The molecule has 0 aliphatic rings. The molecule has 6 heteroatoms. The molecule has 2 aromatic carbocycles. The summed E-state index contributed by atoms with van der Waals surface area (Å²) in [5, 5.41) is 31.4. The summed E-state index contributed by atoms with van der Waals surface area (Å²) in [5.41, 5.74) is 1.08. The van der Waals surface area contributed by atoms with E-state index in [1.165, 1.54) is 0 Å². The Bertz CT molecular complexity index is 837. The lowest BCUT2D eigenvalue weighted by Crippen LogP contribution is -3.14. The monoisotopic (exact) mass is 385 g/mol. The molecule has 3 rings (SSSR count). The smallest absolute Gasteiger partial charge is 0.137 e. The van der Waals surface area contributed by atoms with Gasteiger partial charge in [-0.3, -0.25) is 0 Å². The molecule has 0 fully saturated rings. The number of nitrogens with one attached hydrogen (secondary N) is 1. The zero-order valence-corrected chi connectivity index (χ0v) is 15.9. The van der Waals surface area contributed by atoms with Crippen LogP contribution in [0.15, 0.2) is 66.9 Å². The third-order valence-electron chi connectivity index (χ3n) is 4.79. The highest BCUT2D eigenvalue weighted by Gasteiger charge is 2.20. The summed E-state index contributed by atoms with van der Waals surface area (Å²) in [6.45, 7) is 1.95. The number of aliphatic hydroxyl groups excluding tert-OH is 3. The van der Waals surface area contributed by atoms with Crippen LogP contribution in [-0.2, 0) is 6.54 Å². The lowest BCUT2D eigenvalue weighted by Gasteiger charge is -2.24. The molecule has 0 amide bonds. The van der Waals surface area contributed by atoms with Crippen LogP contribution < -0.4 is 9.64 Å². The second kappa shape index (κ2) is 10.2. The van der Waals surface area contributed by atoms with Gasteiger partial charge in [-0.15, -0.1) is 0 Å². The van der Waals surface area contributed by atoms with E-state index in [-0.39, 0.29) is 13.2 Å². The van der Waals surface area contributed by atoms with E-state index < -0.39 is 12.2 Å². The average Bonchev–Trinajstić information content (AvgIpc) is 3.10. The van der Waals surface area contributed by atoms with Crippen molar-refractivity contribution in [2.45, 2.75) is 18.8 Å². The minimum absolute atomic E-state index is 0.000760. The summed E-state index contributed by atoms with van der Waals surface area (Å²) in [4.78, 5) is 0.940. The third-order valence-corrected chi connectivity index (χ3v) is 4.79. The molecule has 0 bridgehead atoms. The van der Waals surface area contributed by atoms with Gasteiger partial charge in [-0.05, 0) is 29.7 Å².